The normalized spacial score (nSPS) is 15.7. The van der Waals surface area contributed by atoms with E-state index < -0.39 is 15.9 Å². The lowest BCUT2D eigenvalue weighted by molar-refractivity contribution is -0.147. The van der Waals surface area contributed by atoms with Gasteiger partial charge < -0.3 is 10.1 Å². The lowest BCUT2D eigenvalue weighted by Gasteiger charge is -2.26. The van der Waals surface area contributed by atoms with Gasteiger partial charge >= 0.3 is 5.97 Å². The summed E-state index contributed by atoms with van der Waals surface area (Å²) in [5, 5.41) is 2.63. The highest BCUT2D eigenvalue weighted by atomic mass is 32.2. The van der Waals surface area contributed by atoms with Crippen LogP contribution in [0.15, 0.2) is 29.2 Å². The summed E-state index contributed by atoms with van der Waals surface area (Å²) in [4.78, 5) is 23.7. The summed E-state index contributed by atoms with van der Waals surface area (Å²) in [5.41, 5.74) is 0.262. The second kappa shape index (κ2) is 9.14. The summed E-state index contributed by atoms with van der Waals surface area (Å²) in [7, 11) is -3.58. The Morgan fingerprint density at radius 2 is 1.88 bits per heavy atom. The van der Waals surface area contributed by atoms with E-state index in [1.165, 1.54) is 16.4 Å². The van der Waals surface area contributed by atoms with E-state index in [0.29, 0.717) is 13.1 Å². The van der Waals surface area contributed by atoms with Crippen LogP contribution in [-0.4, -0.2) is 50.8 Å². The number of hydrogen-bond acceptors (Lipinski definition) is 5. The Hall–Kier alpha value is -1.93. The minimum absolute atomic E-state index is 0.0779. The molecule has 1 aliphatic rings. The smallest absolute Gasteiger partial charge is 0.308 e. The van der Waals surface area contributed by atoms with Crippen LogP contribution >= 0.6 is 0 Å². The molecular weight excluding hydrogens is 356 g/mol. The third-order valence-electron chi connectivity index (χ3n) is 4.15. The van der Waals surface area contributed by atoms with Crippen molar-refractivity contribution < 1.29 is 22.7 Å². The molecule has 144 valence electrons. The molecule has 1 aliphatic heterocycles. The first kappa shape index (κ1) is 20.4. The van der Waals surface area contributed by atoms with Crippen molar-refractivity contribution in [2.45, 2.75) is 38.0 Å². The average molecular weight is 382 g/mol. The molecule has 1 amide bonds. The van der Waals surface area contributed by atoms with E-state index in [1.807, 2.05) is 0 Å². The van der Waals surface area contributed by atoms with Gasteiger partial charge in [0.05, 0.1) is 17.4 Å². The molecule has 0 spiro atoms. The molecule has 0 saturated carbocycles. The number of esters is 1. The van der Waals surface area contributed by atoms with E-state index in [0.717, 1.165) is 19.3 Å². The summed E-state index contributed by atoms with van der Waals surface area (Å²) in [6.45, 7) is 4.74. The first-order chi connectivity index (χ1) is 12.3. The van der Waals surface area contributed by atoms with Crippen molar-refractivity contribution in [1.82, 2.24) is 9.62 Å². The summed E-state index contributed by atoms with van der Waals surface area (Å²) in [6.07, 6.45) is 2.75. The second-order valence-electron chi connectivity index (χ2n) is 6.57. The van der Waals surface area contributed by atoms with Gasteiger partial charge in [0.1, 0.15) is 6.61 Å². The summed E-state index contributed by atoms with van der Waals surface area (Å²) in [5.74, 6) is -0.947. The van der Waals surface area contributed by atoms with Crippen LogP contribution in [0.25, 0.3) is 0 Å². The van der Waals surface area contributed by atoms with Crippen LogP contribution < -0.4 is 5.32 Å². The van der Waals surface area contributed by atoms with E-state index in [-0.39, 0.29) is 35.5 Å². The van der Waals surface area contributed by atoms with Crippen molar-refractivity contribution in [3.05, 3.63) is 29.8 Å². The lowest BCUT2D eigenvalue weighted by Crippen LogP contribution is -2.35. The maximum Gasteiger partial charge on any atom is 0.308 e. The van der Waals surface area contributed by atoms with Gasteiger partial charge in [0.25, 0.3) is 5.91 Å². The van der Waals surface area contributed by atoms with Crippen molar-refractivity contribution in [1.29, 1.82) is 0 Å². The van der Waals surface area contributed by atoms with Crippen molar-refractivity contribution in [2.75, 3.05) is 26.2 Å². The van der Waals surface area contributed by atoms with Crippen LogP contribution in [-0.2, 0) is 19.6 Å². The summed E-state index contributed by atoms with van der Waals surface area (Å²) in [6, 6.07) is 6.01. The fourth-order valence-electron chi connectivity index (χ4n) is 2.64. The molecule has 0 aliphatic carbocycles. The monoisotopic (exact) mass is 382 g/mol. The highest BCUT2D eigenvalue weighted by molar-refractivity contribution is 7.89. The Bertz CT molecular complexity index is 740. The van der Waals surface area contributed by atoms with Gasteiger partial charge in [0, 0.05) is 18.7 Å². The lowest BCUT2D eigenvalue weighted by atomic mass is 10.2. The SMILES string of the molecule is CC(C)C(=O)OCCNC(=O)c1cccc(S(=O)(=O)N2CCCCC2)c1. The zero-order valence-electron chi connectivity index (χ0n) is 15.2. The molecule has 1 aromatic carbocycles. The van der Waals surface area contributed by atoms with E-state index in [9.17, 15) is 18.0 Å². The van der Waals surface area contributed by atoms with Crippen molar-refractivity contribution in [3.8, 4) is 0 Å². The van der Waals surface area contributed by atoms with Crippen LogP contribution in [0.5, 0.6) is 0 Å². The van der Waals surface area contributed by atoms with E-state index in [2.05, 4.69) is 5.32 Å². The van der Waals surface area contributed by atoms with Crippen molar-refractivity contribution >= 4 is 21.9 Å². The number of rotatable bonds is 7. The maximum absolute atomic E-state index is 12.7. The molecule has 0 radical (unpaired) electrons. The van der Waals surface area contributed by atoms with E-state index >= 15 is 0 Å². The maximum atomic E-state index is 12.7. The number of ether oxygens (including phenoxy) is 1. The average Bonchev–Trinajstić information content (AvgIpc) is 2.65. The molecule has 2 rings (SSSR count). The van der Waals surface area contributed by atoms with Gasteiger partial charge in [-0.3, -0.25) is 9.59 Å². The second-order valence-corrected chi connectivity index (χ2v) is 8.51. The minimum Gasteiger partial charge on any atom is -0.464 e. The molecule has 0 bridgehead atoms. The van der Waals surface area contributed by atoms with Crippen LogP contribution in [0.2, 0.25) is 0 Å². The number of hydrogen-bond donors (Lipinski definition) is 1. The Kier molecular flexibility index (Phi) is 7.16. The zero-order valence-corrected chi connectivity index (χ0v) is 16.0. The van der Waals surface area contributed by atoms with Gasteiger partial charge in [-0.2, -0.15) is 4.31 Å². The molecule has 1 aromatic rings. The predicted molar refractivity (Wildman–Crippen MR) is 97.2 cm³/mol. The van der Waals surface area contributed by atoms with Gasteiger partial charge in [-0.15, -0.1) is 0 Å². The molecule has 8 heteroatoms. The van der Waals surface area contributed by atoms with Gasteiger partial charge in [-0.1, -0.05) is 26.3 Å². The number of nitrogens with one attached hydrogen (secondary N) is 1. The van der Waals surface area contributed by atoms with Crippen LogP contribution in [0.3, 0.4) is 0 Å². The molecule has 26 heavy (non-hydrogen) atoms. The number of benzene rings is 1. The summed E-state index contributed by atoms with van der Waals surface area (Å²) >= 11 is 0. The third kappa shape index (κ3) is 5.28. The Morgan fingerprint density at radius 3 is 2.54 bits per heavy atom. The summed E-state index contributed by atoms with van der Waals surface area (Å²) < 4.78 is 31.9. The van der Waals surface area contributed by atoms with Crippen molar-refractivity contribution in [3.63, 3.8) is 0 Å². The topological polar surface area (TPSA) is 92.8 Å². The first-order valence-electron chi connectivity index (χ1n) is 8.87. The van der Waals surface area contributed by atoms with Gasteiger partial charge in [-0.05, 0) is 31.0 Å². The molecule has 1 N–H and O–H groups in total. The fourth-order valence-corrected chi connectivity index (χ4v) is 4.20. The Balaban J connectivity index is 1.97. The standard InChI is InChI=1S/C18H26N2O5S/c1-14(2)18(22)25-12-9-19-17(21)15-7-6-8-16(13-15)26(23,24)20-10-4-3-5-11-20/h6-8,13-14H,3-5,9-12H2,1-2H3,(H,19,21). The number of amides is 1. The largest absolute Gasteiger partial charge is 0.464 e. The predicted octanol–water partition coefficient (Wildman–Crippen LogP) is 1.79. The minimum atomic E-state index is -3.58. The number of nitrogens with zero attached hydrogens (tertiary/aromatic N) is 1. The Labute approximate surface area is 154 Å². The Morgan fingerprint density at radius 1 is 1.19 bits per heavy atom. The molecular formula is C18H26N2O5S. The molecule has 0 atom stereocenters. The van der Waals surface area contributed by atoms with Gasteiger partial charge in [0.15, 0.2) is 0 Å². The van der Waals surface area contributed by atoms with E-state index in [4.69, 9.17) is 4.74 Å². The highest BCUT2D eigenvalue weighted by Crippen LogP contribution is 2.21. The quantitative estimate of drug-likeness (QED) is 0.573. The number of carbonyl (C=O) groups is 2. The third-order valence-corrected chi connectivity index (χ3v) is 6.05. The molecule has 0 unspecified atom stereocenters. The van der Waals surface area contributed by atoms with Crippen LogP contribution in [0.4, 0.5) is 0 Å². The first-order valence-corrected chi connectivity index (χ1v) is 10.3. The van der Waals surface area contributed by atoms with Crippen LogP contribution in [0.1, 0.15) is 43.5 Å². The van der Waals surface area contributed by atoms with E-state index in [1.54, 1.807) is 26.0 Å². The van der Waals surface area contributed by atoms with Crippen molar-refractivity contribution in [2.24, 2.45) is 5.92 Å². The molecule has 7 nitrogen and oxygen atoms in total. The molecule has 1 saturated heterocycles. The van der Waals surface area contributed by atoms with Gasteiger partial charge in [-0.25, -0.2) is 8.42 Å². The molecule has 0 aromatic heterocycles. The molecule has 1 heterocycles. The highest BCUT2D eigenvalue weighted by Gasteiger charge is 2.26. The number of sulfonamides is 1. The molecule has 1 fully saturated rings. The van der Waals surface area contributed by atoms with Crippen LogP contribution in [0, 0.1) is 5.92 Å². The zero-order chi connectivity index (χ0) is 19.2. The number of carbonyl (C=O) groups excluding carboxylic acids is 2. The fraction of sp³-hybridized carbons (Fsp3) is 0.556. The number of piperidine rings is 1. The van der Waals surface area contributed by atoms with Gasteiger partial charge in [0.2, 0.25) is 10.0 Å².